The molecule has 0 saturated carbocycles. The number of thiazole rings is 1. The molecule has 0 atom stereocenters. The highest BCUT2D eigenvalue weighted by Gasteiger charge is 2.21. The van der Waals surface area contributed by atoms with E-state index >= 15 is 0 Å². The highest BCUT2D eigenvalue weighted by molar-refractivity contribution is 7.09. The number of carbonyl (C=O) groups is 2. The average Bonchev–Trinajstić information content (AvgIpc) is 3.05. The summed E-state index contributed by atoms with van der Waals surface area (Å²) >= 11 is 1.67. The molecule has 3 rings (SSSR count). The lowest BCUT2D eigenvalue weighted by molar-refractivity contribution is -0.135. The van der Waals surface area contributed by atoms with E-state index < -0.39 is 0 Å². The smallest absolute Gasteiger partial charge is 0.260 e. The van der Waals surface area contributed by atoms with Gasteiger partial charge in [-0.15, -0.1) is 11.3 Å². The Bertz CT molecular complexity index is 765. The SMILES string of the molecule is CC(=O)c1ccc(OCC(=O)N2CCN(Cc3csc(C)n3)CC2)cc1. The van der Waals surface area contributed by atoms with E-state index in [-0.39, 0.29) is 18.3 Å². The van der Waals surface area contributed by atoms with Gasteiger partial charge in [0.2, 0.25) is 0 Å². The maximum Gasteiger partial charge on any atom is 0.260 e. The molecule has 1 aromatic carbocycles. The van der Waals surface area contributed by atoms with Gasteiger partial charge in [-0.05, 0) is 38.1 Å². The van der Waals surface area contributed by atoms with Gasteiger partial charge in [0, 0.05) is 43.7 Å². The molecule has 1 aliphatic heterocycles. The number of aryl methyl sites for hydroxylation is 1. The van der Waals surface area contributed by atoms with Gasteiger partial charge >= 0.3 is 0 Å². The molecule has 7 heteroatoms. The van der Waals surface area contributed by atoms with Crippen LogP contribution in [0.4, 0.5) is 0 Å². The lowest BCUT2D eigenvalue weighted by Gasteiger charge is -2.34. The second-order valence-corrected chi connectivity index (χ2v) is 7.45. The summed E-state index contributed by atoms with van der Waals surface area (Å²) < 4.78 is 5.56. The van der Waals surface area contributed by atoms with Crippen LogP contribution >= 0.6 is 11.3 Å². The molecule has 2 heterocycles. The van der Waals surface area contributed by atoms with E-state index in [1.165, 1.54) is 6.92 Å². The minimum absolute atomic E-state index is 0.00945. The first-order chi connectivity index (χ1) is 12.5. The zero-order valence-corrected chi connectivity index (χ0v) is 15.9. The summed E-state index contributed by atoms with van der Waals surface area (Å²) in [6.07, 6.45) is 0. The van der Waals surface area contributed by atoms with Gasteiger partial charge in [-0.1, -0.05) is 0 Å². The number of rotatable bonds is 6. The number of hydrogen-bond donors (Lipinski definition) is 0. The van der Waals surface area contributed by atoms with Crippen molar-refractivity contribution >= 4 is 23.0 Å². The zero-order chi connectivity index (χ0) is 18.5. The molecular formula is C19H23N3O3S. The second kappa shape index (κ2) is 8.42. The van der Waals surface area contributed by atoms with Crippen LogP contribution in [0.5, 0.6) is 5.75 Å². The first-order valence-corrected chi connectivity index (χ1v) is 9.54. The summed E-state index contributed by atoms with van der Waals surface area (Å²) in [5, 5.41) is 3.18. The lowest BCUT2D eigenvalue weighted by atomic mass is 10.1. The quantitative estimate of drug-likeness (QED) is 0.728. The van der Waals surface area contributed by atoms with Crippen molar-refractivity contribution in [1.29, 1.82) is 0 Å². The molecule has 0 spiro atoms. The third-order valence-electron chi connectivity index (χ3n) is 4.40. The van der Waals surface area contributed by atoms with Crippen molar-refractivity contribution in [2.24, 2.45) is 0 Å². The summed E-state index contributed by atoms with van der Waals surface area (Å²) in [5.74, 6) is 0.601. The summed E-state index contributed by atoms with van der Waals surface area (Å²) in [5.41, 5.74) is 1.74. The molecule has 2 aromatic rings. The number of hydrogen-bond acceptors (Lipinski definition) is 6. The topological polar surface area (TPSA) is 62.7 Å². The highest BCUT2D eigenvalue weighted by atomic mass is 32.1. The average molecular weight is 373 g/mol. The van der Waals surface area contributed by atoms with Crippen LogP contribution in [0.1, 0.15) is 28.0 Å². The van der Waals surface area contributed by atoms with Crippen molar-refractivity contribution in [3.05, 3.63) is 45.9 Å². The number of ketones is 1. The fourth-order valence-electron chi connectivity index (χ4n) is 2.89. The zero-order valence-electron chi connectivity index (χ0n) is 15.1. The van der Waals surface area contributed by atoms with Gasteiger partial charge < -0.3 is 9.64 Å². The van der Waals surface area contributed by atoms with Gasteiger partial charge in [0.25, 0.3) is 5.91 Å². The van der Waals surface area contributed by atoms with E-state index in [0.29, 0.717) is 24.4 Å². The van der Waals surface area contributed by atoms with E-state index in [0.717, 1.165) is 30.3 Å². The first-order valence-electron chi connectivity index (χ1n) is 8.66. The Hall–Kier alpha value is -2.25. The number of nitrogens with zero attached hydrogens (tertiary/aromatic N) is 3. The molecule has 0 bridgehead atoms. The third kappa shape index (κ3) is 4.89. The molecule has 1 aromatic heterocycles. The van der Waals surface area contributed by atoms with E-state index in [9.17, 15) is 9.59 Å². The Labute approximate surface area is 157 Å². The Kier molecular flexibility index (Phi) is 6.00. The summed E-state index contributed by atoms with van der Waals surface area (Å²) in [4.78, 5) is 32.2. The highest BCUT2D eigenvalue weighted by Crippen LogP contribution is 2.14. The van der Waals surface area contributed by atoms with Crippen LogP contribution in [0.3, 0.4) is 0 Å². The van der Waals surface area contributed by atoms with Crippen molar-refractivity contribution < 1.29 is 14.3 Å². The van der Waals surface area contributed by atoms with Crippen LogP contribution in [0.15, 0.2) is 29.6 Å². The molecule has 138 valence electrons. The Morgan fingerprint density at radius 3 is 2.42 bits per heavy atom. The van der Waals surface area contributed by atoms with Crippen LogP contribution in [0, 0.1) is 6.92 Å². The number of aromatic nitrogens is 1. The van der Waals surface area contributed by atoms with Crippen molar-refractivity contribution in [2.75, 3.05) is 32.8 Å². The minimum atomic E-state index is -0.00945. The Morgan fingerprint density at radius 2 is 1.85 bits per heavy atom. The standard InChI is InChI=1S/C19H23N3O3S/c1-14(23)16-3-5-18(6-4-16)25-12-19(24)22-9-7-21(8-10-22)11-17-13-26-15(2)20-17/h3-6,13H,7-12H2,1-2H3. The minimum Gasteiger partial charge on any atom is -0.484 e. The fraction of sp³-hybridized carbons (Fsp3) is 0.421. The van der Waals surface area contributed by atoms with E-state index in [1.807, 2.05) is 11.8 Å². The van der Waals surface area contributed by atoms with Crippen LogP contribution in [0.25, 0.3) is 0 Å². The van der Waals surface area contributed by atoms with E-state index in [1.54, 1.807) is 35.6 Å². The van der Waals surface area contributed by atoms with Crippen molar-refractivity contribution in [3.63, 3.8) is 0 Å². The molecule has 26 heavy (non-hydrogen) atoms. The van der Waals surface area contributed by atoms with Crippen LogP contribution in [0.2, 0.25) is 0 Å². The van der Waals surface area contributed by atoms with Gasteiger partial charge in [0.1, 0.15) is 5.75 Å². The molecular weight excluding hydrogens is 350 g/mol. The Morgan fingerprint density at radius 1 is 1.15 bits per heavy atom. The molecule has 0 radical (unpaired) electrons. The summed E-state index contributed by atoms with van der Waals surface area (Å²) in [6.45, 7) is 7.48. The normalized spacial score (nSPS) is 15.1. The molecule has 1 fully saturated rings. The third-order valence-corrected chi connectivity index (χ3v) is 5.22. The molecule has 1 amide bonds. The van der Waals surface area contributed by atoms with Gasteiger partial charge in [0.05, 0.1) is 10.7 Å². The largest absolute Gasteiger partial charge is 0.484 e. The summed E-state index contributed by atoms with van der Waals surface area (Å²) in [7, 11) is 0. The van der Waals surface area contributed by atoms with Gasteiger partial charge in [0.15, 0.2) is 12.4 Å². The molecule has 1 saturated heterocycles. The van der Waals surface area contributed by atoms with Crippen molar-refractivity contribution in [3.8, 4) is 5.75 Å². The lowest BCUT2D eigenvalue weighted by Crippen LogP contribution is -2.49. The number of Topliss-reactive ketones (excluding diaryl/α,β-unsaturated/α-hetero) is 1. The van der Waals surface area contributed by atoms with Crippen LogP contribution < -0.4 is 4.74 Å². The van der Waals surface area contributed by atoms with Crippen LogP contribution in [-0.4, -0.2) is 59.3 Å². The number of piperazine rings is 1. The molecule has 1 aliphatic rings. The number of ether oxygens (including phenoxy) is 1. The van der Waals surface area contributed by atoms with Crippen molar-refractivity contribution in [2.45, 2.75) is 20.4 Å². The number of benzene rings is 1. The fourth-order valence-corrected chi connectivity index (χ4v) is 3.49. The van der Waals surface area contributed by atoms with Gasteiger partial charge in [-0.25, -0.2) is 4.98 Å². The van der Waals surface area contributed by atoms with Gasteiger partial charge in [-0.2, -0.15) is 0 Å². The van der Waals surface area contributed by atoms with Gasteiger partial charge in [-0.3, -0.25) is 14.5 Å². The Balaban J connectivity index is 1.42. The second-order valence-electron chi connectivity index (χ2n) is 6.38. The molecule has 0 aliphatic carbocycles. The monoisotopic (exact) mass is 373 g/mol. The molecule has 6 nitrogen and oxygen atoms in total. The van der Waals surface area contributed by atoms with E-state index in [4.69, 9.17) is 4.74 Å². The predicted molar refractivity (Wildman–Crippen MR) is 101 cm³/mol. The van der Waals surface area contributed by atoms with E-state index in [2.05, 4.69) is 15.3 Å². The maximum atomic E-state index is 12.3. The predicted octanol–water partition coefficient (Wildman–Crippen LogP) is 2.38. The number of carbonyl (C=O) groups excluding carboxylic acids is 2. The van der Waals surface area contributed by atoms with Crippen LogP contribution in [-0.2, 0) is 11.3 Å². The summed E-state index contributed by atoms with van der Waals surface area (Å²) in [6, 6.07) is 6.86. The molecule has 0 unspecified atom stereocenters. The number of amides is 1. The maximum absolute atomic E-state index is 12.3. The first kappa shape index (κ1) is 18.5. The molecule has 0 N–H and O–H groups in total. The van der Waals surface area contributed by atoms with Crippen molar-refractivity contribution in [1.82, 2.24) is 14.8 Å².